The van der Waals surface area contributed by atoms with Crippen LogP contribution in [-0.4, -0.2) is 37.7 Å². The number of nitrogens with one attached hydrogen (secondary N) is 1. The molecule has 2 heterocycles. The number of halogens is 2. The van der Waals surface area contributed by atoms with Crippen molar-refractivity contribution in [3.63, 3.8) is 0 Å². The molecule has 1 N–H and O–H groups in total. The Labute approximate surface area is 127 Å². The Morgan fingerprint density at radius 2 is 1.82 bits per heavy atom. The van der Waals surface area contributed by atoms with Crippen LogP contribution in [0.2, 0.25) is 0 Å². The van der Waals surface area contributed by atoms with Crippen molar-refractivity contribution in [1.29, 1.82) is 0 Å². The average molecular weight is 308 g/mol. The molecular formula is C16H18F2N2O2. The van der Waals surface area contributed by atoms with E-state index in [1.807, 2.05) is 24.3 Å². The number of rotatable bonds is 5. The molecule has 0 spiro atoms. The number of piperazine rings is 1. The van der Waals surface area contributed by atoms with Crippen LogP contribution in [0.4, 0.5) is 8.78 Å². The van der Waals surface area contributed by atoms with Crippen molar-refractivity contribution in [2.24, 2.45) is 0 Å². The zero-order valence-electron chi connectivity index (χ0n) is 12.0. The van der Waals surface area contributed by atoms with Crippen LogP contribution in [0.1, 0.15) is 17.4 Å². The molecular weight excluding hydrogens is 290 g/mol. The van der Waals surface area contributed by atoms with Gasteiger partial charge in [-0.05, 0) is 29.8 Å². The lowest BCUT2D eigenvalue weighted by Gasteiger charge is -2.34. The molecule has 0 radical (unpaired) electrons. The summed E-state index contributed by atoms with van der Waals surface area (Å²) >= 11 is 0. The summed E-state index contributed by atoms with van der Waals surface area (Å²) in [5.41, 5.74) is 0.999. The van der Waals surface area contributed by atoms with Crippen LogP contribution < -0.4 is 10.1 Å². The second-order valence-corrected chi connectivity index (χ2v) is 5.15. The molecule has 118 valence electrons. The molecule has 3 rings (SSSR count). The largest absolute Gasteiger partial charge is 0.467 e. The Kier molecular flexibility index (Phi) is 4.70. The summed E-state index contributed by atoms with van der Waals surface area (Å²) in [4.78, 5) is 2.32. The van der Waals surface area contributed by atoms with Crippen LogP contribution in [0.3, 0.4) is 0 Å². The number of furan rings is 1. The lowest BCUT2D eigenvalue weighted by Crippen LogP contribution is -2.45. The molecule has 1 aliphatic heterocycles. The number of hydrogen-bond donors (Lipinski definition) is 1. The van der Waals surface area contributed by atoms with Gasteiger partial charge in [-0.25, -0.2) is 0 Å². The van der Waals surface area contributed by atoms with E-state index in [4.69, 9.17) is 4.42 Å². The summed E-state index contributed by atoms with van der Waals surface area (Å²) in [5, 5.41) is 3.32. The van der Waals surface area contributed by atoms with Crippen molar-refractivity contribution in [2.75, 3.05) is 26.2 Å². The predicted octanol–water partition coefficient (Wildman–Crippen LogP) is 2.88. The Hall–Kier alpha value is -1.92. The van der Waals surface area contributed by atoms with Crippen LogP contribution >= 0.6 is 0 Å². The van der Waals surface area contributed by atoms with E-state index in [9.17, 15) is 8.78 Å². The molecule has 0 bridgehead atoms. The van der Waals surface area contributed by atoms with E-state index in [1.165, 1.54) is 0 Å². The number of hydrogen-bond acceptors (Lipinski definition) is 4. The second-order valence-electron chi connectivity index (χ2n) is 5.15. The van der Waals surface area contributed by atoms with Gasteiger partial charge in [0.05, 0.1) is 12.3 Å². The smallest absolute Gasteiger partial charge is 0.387 e. The van der Waals surface area contributed by atoms with Gasteiger partial charge in [0.1, 0.15) is 11.5 Å². The highest BCUT2D eigenvalue weighted by Gasteiger charge is 2.26. The Morgan fingerprint density at radius 3 is 2.41 bits per heavy atom. The summed E-state index contributed by atoms with van der Waals surface area (Å²) in [7, 11) is 0. The molecule has 6 heteroatoms. The minimum absolute atomic E-state index is 0.0160. The number of ether oxygens (including phenoxy) is 1. The summed E-state index contributed by atoms with van der Waals surface area (Å²) in [6, 6.07) is 10.5. The van der Waals surface area contributed by atoms with Gasteiger partial charge in [-0.2, -0.15) is 8.78 Å². The summed E-state index contributed by atoms with van der Waals surface area (Å²) in [6.45, 7) is 0.842. The van der Waals surface area contributed by atoms with Crippen LogP contribution in [0.15, 0.2) is 47.1 Å². The highest BCUT2D eigenvalue weighted by atomic mass is 19.3. The van der Waals surface area contributed by atoms with Crippen LogP contribution in [0.25, 0.3) is 0 Å². The Bertz CT molecular complexity index is 566. The van der Waals surface area contributed by atoms with Crippen LogP contribution in [-0.2, 0) is 0 Å². The van der Waals surface area contributed by atoms with Crippen LogP contribution in [0, 0.1) is 0 Å². The third-order valence-corrected chi connectivity index (χ3v) is 3.75. The first kappa shape index (κ1) is 15.0. The molecule has 22 heavy (non-hydrogen) atoms. The van der Waals surface area contributed by atoms with Crippen molar-refractivity contribution in [3.05, 3.63) is 54.0 Å². The van der Waals surface area contributed by atoms with Crippen molar-refractivity contribution < 1.29 is 17.9 Å². The van der Waals surface area contributed by atoms with E-state index < -0.39 is 6.61 Å². The van der Waals surface area contributed by atoms with Gasteiger partial charge >= 0.3 is 6.61 Å². The Morgan fingerprint density at radius 1 is 1.09 bits per heavy atom. The molecule has 2 aromatic rings. The van der Waals surface area contributed by atoms with Gasteiger partial charge in [-0.15, -0.1) is 0 Å². The third kappa shape index (κ3) is 3.45. The fourth-order valence-corrected chi connectivity index (χ4v) is 2.77. The summed E-state index contributed by atoms with van der Waals surface area (Å²) in [5.74, 6) is 1.02. The molecule has 1 atom stereocenters. The predicted molar refractivity (Wildman–Crippen MR) is 78.1 cm³/mol. The zero-order chi connectivity index (χ0) is 15.4. The van der Waals surface area contributed by atoms with Crippen LogP contribution in [0.5, 0.6) is 5.75 Å². The van der Waals surface area contributed by atoms with E-state index in [0.29, 0.717) is 0 Å². The Balaban J connectivity index is 1.85. The van der Waals surface area contributed by atoms with Crippen molar-refractivity contribution >= 4 is 0 Å². The van der Waals surface area contributed by atoms with Crippen molar-refractivity contribution in [3.8, 4) is 5.75 Å². The second kappa shape index (κ2) is 6.89. The molecule has 0 saturated carbocycles. The molecule has 1 aromatic carbocycles. The highest BCUT2D eigenvalue weighted by molar-refractivity contribution is 5.33. The monoisotopic (exact) mass is 308 g/mol. The molecule has 1 saturated heterocycles. The molecule has 0 aliphatic carbocycles. The minimum Gasteiger partial charge on any atom is -0.467 e. The fraction of sp³-hybridized carbons (Fsp3) is 0.375. The van der Waals surface area contributed by atoms with Gasteiger partial charge in [-0.3, -0.25) is 4.90 Å². The quantitative estimate of drug-likeness (QED) is 0.921. The number of alkyl halides is 2. The van der Waals surface area contributed by atoms with E-state index in [1.54, 1.807) is 18.4 Å². The van der Waals surface area contributed by atoms with E-state index >= 15 is 0 Å². The summed E-state index contributed by atoms with van der Waals surface area (Å²) in [6.07, 6.45) is 1.65. The van der Waals surface area contributed by atoms with Gasteiger partial charge in [0.2, 0.25) is 0 Å². The molecule has 1 fully saturated rings. The van der Waals surface area contributed by atoms with Crippen molar-refractivity contribution in [1.82, 2.24) is 10.2 Å². The van der Waals surface area contributed by atoms with E-state index in [0.717, 1.165) is 37.5 Å². The number of benzene rings is 1. The number of nitrogens with zero attached hydrogens (tertiary/aromatic N) is 1. The van der Waals surface area contributed by atoms with Gasteiger partial charge in [0, 0.05) is 26.2 Å². The maximum absolute atomic E-state index is 12.2. The lowest BCUT2D eigenvalue weighted by molar-refractivity contribution is -0.0498. The first-order valence-electron chi connectivity index (χ1n) is 7.27. The van der Waals surface area contributed by atoms with Gasteiger partial charge in [0.15, 0.2) is 0 Å². The molecule has 4 nitrogen and oxygen atoms in total. The first-order chi connectivity index (χ1) is 10.7. The van der Waals surface area contributed by atoms with Crippen molar-refractivity contribution in [2.45, 2.75) is 12.7 Å². The maximum Gasteiger partial charge on any atom is 0.387 e. The highest BCUT2D eigenvalue weighted by Crippen LogP contribution is 2.30. The molecule has 0 amide bonds. The molecule has 1 aliphatic rings. The lowest BCUT2D eigenvalue weighted by atomic mass is 10.0. The first-order valence-corrected chi connectivity index (χ1v) is 7.27. The van der Waals surface area contributed by atoms with Gasteiger partial charge in [0.25, 0.3) is 0 Å². The van der Waals surface area contributed by atoms with Gasteiger partial charge in [-0.1, -0.05) is 12.1 Å². The fourth-order valence-electron chi connectivity index (χ4n) is 2.77. The third-order valence-electron chi connectivity index (χ3n) is 3.75. The van der Waals surface area contributed by atoms with Gasteiger partial charge < -0.3 is 14.5 Å². The normalized spacial score (nSPS) is 17.6. The maximum atomic E-state index is 12.2. The van der Waals surface area contributed by atoms with E-state index in [2.05, 4.69) is 15.0 Å². The minimum atomic E-state index is -2.81. The topological polar surface area (TPSA) is 37.6 Å². The molecule has 0 unspecified atom stereocenters. The SMILES string of the molecule is FC(F)Oc1ccc([C@H](c2ccco2)N2CCNCC2)cc1. The zero-order valence-corrected chi connectivity index (χ0v) is 12.0. The average Bonchev–Trinajstić information content (AvgIpc) is 3.04. The summed E-state index contributed by atoms with van der Waals surface area (Å²) < 4.78 is 34.5. The standard InChI is InChI=1S/C16H18F2N2O2/c17-16(18)22-13-5-3-12(4-6-13)15(14-2-1-11-21-14)20-9-7-19-8-10-20/h1-6,11,15-16,19H,7-10H2/t15-/m1/s1. The molecule has 1 aromatic heterocycles. The van der Waals surface area contributed by atoms with E-state index in [-0.39, 0.29) is 11.8 Å².